The van der Waals surface area contributed by atoms with E-state index in [4.69, 9.17) is 0 Å². The number of rotatable bonds is 7. The van der Waals surface area contributed by atoms with E-state index in [0.717, 1.165) is 16.7 Å². The number of sulfonamides is 1. The van der Waals surface area contributed by atoms with Crippen molar-refractivity contribution in [2.75, 3.05) is 0 Å². The van der Waals surface area contributed by atoms with Crippen molar-refractivity contribution in [1.82, 2.24) is 4.72 Å². The zero-order valence-electron chi connectivity index (χ0n) is 15.2. The molecule has 0 aliphatic carbocycles. The molecule has 138 valence electrons. The maximum absolute atomic E-state index is 12.8. The van der Waals surface area contributed by atoms with Gasteiger partial charge in [-0.2, -0.15) is 0 Å². The van der Waals surface area contributed by atoms with Crippen LogP contribution in [0.15, 0.2) is 102 Å². The molecule has 0 aromatic heterocycles. The van der Waals surface area contributed by atoms with Gasteiger partial charge in [0, 0.05) is 0 Å². The number of allylic oxidation sites excluding steroid dienone is 1. The Morgan fingerprint density at radius 2 is 1.37 bits per heavy atom. The van der Waals surface area contributed by atoms with Crippen molar-refractivity contribution in [3.63, 3.8) is 0 Å². The van der Waals surface area contributed by atoms with E-state index in [1.54, 1.807) is 30.3 Å². The standard InChI is InChI=1S/C23H23NO2S/c1-19(20-11-5-2-6-12-20)17-18-23(21-13-7-3-8-14-21)24-27(25,26)22-15-9-4-10-16-22/h2-17,23-24H,18H2,1H3/b19-17+. The predicted octanol–water partition coefficient (Wildman–Crippen LogP) is 5.20. The molecule has 1 N–H and O–H groups in total. The van der Waals surface area contributed by atoms with Gasteiger partial charge in [-0.05, 0) is 42.2 Å². The van der Waals surface area contributed by atoms with Crippen LogP contribution in [0.3, 0.4) is 0 Å². The van der Waals surface area contributed by atoms with Gasteiger partial charge in [0.25, 0.3) is 0 Å². The van der Waals surface area contributed by atoms with E-state index in [1.807, 2.05) is 55.5 Å². The molecule has 27 heavy (non-hydrogen) atoms. The molecule has 0 radical (unpaired) electrons. The second-order valence-corrected chi connectivity index (χ2v) is 8.10. The summed E-state index contributed by atoms with van der Waals surface area (Å²) in [7, 11) is -3.60. The molecule has 0 spiro atoms. The molecule has 0 saturated carbocycles. The van der Waals surface area contributed by atoms with Gasteiger partial charge in [-0.3, -0.25) is 0 Å². The Balaban J connectivity index is 1.86. The van der Waals surface area contributed by atoms with Crippen molar-refractivity contribution in [3.8, 4) is 0 Å². The molecule has 0 fully saturated rings. The lowest BCUT2D eigenvalue weighted by Gasteiger charge is -2.18. The molecule has 4 heteroatoms. The summed E-state index contributed by atoms with van der Waals surface area (Å²) in [6.45, 7) is 2.04. The normalized spacial score (nSPS) is 13.3. The molecule has 0 aliphatic rings. The van der Waals surface area contributed by atoms with Crippen LogP contribution in [0.4, 0.5) is 0 Å². The maximum atomic E-state index is 12.8. The van der Waals surface area contributed by atoms with Crippen LogP contribution in [0.5, 0.6) is 0 Å². The van der Waals surface area contributed by atoms with Crippen molar-refractivity contribution in [2.45, 2.75) is 24.3 Å². The Kier molecular flexibility index (Phi) is 6.22. The molecule has 3 aromatic carbocycles. The molecule has 3 nitrogen and oxygen atoms in total. The molecule has 1 unspecified atom stereocenters. The predicted molar refractivity (Wildman–Crippen MR) is 111 cm³/mol. The van der Waals surface area contributed by atoms with E-state index < -0.39 is 10.0 Å². The Hall–Kier alpha value is -2.69. The van der Waals surface area contributed by atoms with Crippen LogP contribution >= 0.6 is 0 Å². The Morgan fingerprint density at radius 3 is 1.96 bits per heavy atom. The second kappa shape index (κ2) is 8.80. The summed E-state index contributed by atoms with van der Waals surface area (Å²) in [6, 6.07) is 27.9. The first kappa shape index (κ1) is 19.1. The monoisotopic (exact) mass is 377 g/mol. The fourth-order valence-corrected chi connectivity index (χ4v) is 4.16. The van der Waals surface area contributed by atoms with Crippen LogP contribution in [0.2, 0.25) is 0 Å². The molecule has 3 rings (SSSR count). The summed E-state index contributed by atoms with van der Waals surface area (Å²) in [5.74, 6) is 0. The van der Waals surface area contributed by atoms with Crippen LogP contribution in [0.1, 0.15) is 30.5 Å². The smallest absolute Gasteiger partial charge is 0.207 e. The van der Waals surface area contributed by atoms with Gasteiger partial charge < -0.3 is 0 Å². The highest BCUT2D eigenvalue weighted by molar-refractivity contribution is 7.89. The maximum Gasteiger partial charge on any atom is 0.241 e. The van der Waals surface area contributed by atoms with Crippen molar-refractivity contribution in [2.24, 2.45) is 0 Å². The van der Waals surface area contributed by atoms with Gasteiger partial charge in [-0.25, -0.2) is 13.1 Å². The summed E-state index contributed by atoms with van der Waals surface area (Å²) in [6.07, 6.45) is 2.65. The Labute approximate surface area is 161 Å². The van der Waals surface area contributed by atoms with E-state index >= 15 is 0 Å². The average Bonchev–Trinajstić information content (AvgIpc) is 2.73. The first-order valence-corrected chi connectivity index (χ1v) is 10.4. The minimum atomic E-state index is -3.60. The summed E-state index contributed by atoms with van der Waals surface area (Å²) in [5.41, 5.74) is 3.19. The van der Waals surface area contributed by atoms with Gasteiger partial charge in [0.2, 0.25) is 10.0 Å². The van der Waals surface area contributed by atoms with Crippen molar-refractivity contribution in [1.29, 1.82) is 0 Å². The van der Waals surface area contributed by atoms with Crippen molar-refractivity contribution >= 4 is 15.6 Å². The molecular weight excluding hydrogens is 354 g/mol. The molecule has 0 bridgehead atoms. The zero-order chi connectivity index (χ0) is 19.1. The number of hydrogen-bond acceptors (Lipinski definition) is 2. The SMILES string of the molecule is C/C(=C\CC(NS(=O)(=O)c1ccccc1)c1ccccc1)c1ccccc1. The first-order valence-electron chi connectivity index (χ1n) is 8.91. The van der Waals surface area contributed by atoms with Gasteiger partial charge in [-0.15, -0.1) is 0 Å². The van der Waals surface area contributed by atoms with Gasteiger partial charge in [-0.1, -0.05) is 84.9 Å². The third-order valence-corrected chi connectivity index (χ3v) is 5.93. The lowest BCUT2D eigenvalue weighted by Crippen LogP contribution is -2.28. The van der Waals surface area contributed by atoms with Gasteiger partial charge in [0.1, 0.15) is 0 Å². The van der Waals surface area contributed by atoms with Crippen LogP contribution in [-0.2, 0) is 10.0 Å². The minimum Gasteiger partial charge on any atom is -0.207 e. The first-order chi connectivity index (χ1) is 13.1. The van der Waals surface area contributed by atoms with Crippen molar-refractivity contribution < 1.29 is 8.42 Å². The third-order valence-electron chi connectivity index (χ3n) is 4.44. The molecule has 1 atom stereocenters. The van der Waals surface area contributed by atoms with E-state index in [1.165, 1.54) is 0 Å². The number of hydrogen-bond donors (Lipinski definition) is 1. The summed E-state index contributed by atoms with van der Waals surface area (Å²) < 4.78 is 28.5. The molecule has 3 aromatic rings. The van der Waals surface area contributed by atoms with Crippen LogP contribution in [0, 0.1) is 0 Å². The van der Waals surface area contributed by atoms with Gasteiger partial charge >= 0.3 is 0 Å². The average molecular weight is 378 g/mol. The highest BCUT2D eigenvalue weighted by Gasteiger charge is 2.20. The van der Waals surface area contributed by atoms with E-state index in [2.05, 4.69) is 22.9 Å². The fourth-order valence-electron chi connectivity index (χ4n) is 2.91. The zero-order valence-corrected chi connectivity index (χ0v) is 16.1. The van der Waals surface area contributed by atoms with Crippen LogP contribution in [0.25, 0.3) is 5.57 Å². The summed E-state index contributed by atoms with van der Waals surface area (Å²) in [4.78, 5) is 0.273. The Bertz CT molecular complexity index is 982. The Morgan fingerprint density at radius 1 is 0.852 bits per heavy atom. The highest BCUT2D eigenvalue weighted by atomic mass is 32.2. The molecule has 0 aliphatic heterocycles. The summed E-state index contributed by atoms with van der Waals surface area (Å²) in [5, 5.41) is 0. The quantitative estimate of drug-likeness (QED) is 0.615. The lowest BCUT2D eigenvalue weighted by atomic mass is 10.0. The van der Waals surface area contributed by atoms with Gasteiger partial charge in [0.05, 0.1) is 10.9 Å². The van der Waals surface area contributed by atoms with E-state index in [-0.39, 0.29) is 10.9 Å². The third kappa shape index (κ3) is 5.16. The topological polar surface area (TPSA) is 46.2 Å². The van der Waals surface area contributed by atoms with E-state index in [9.17, 15) is 8.42 Å². The van der Waals surface area contributed by atoms with Crippen LogP contribution < -0.4 is 4.72 Å². The minimum absolute atomic E-state index is 0.273. The molecule has 0 heterocycles. The molecule has 0 saturated heterocycles. The van der Waals surface area contributed by atoms with Gasteiger partial charge in [0.15, 0.2) is 0 Å². The van der Waals surface area contributed by atoms with E-state index in [0.29, 0.717) is 6.42 Å². The number of nitrogens with one attached hydrogen (secondary N) is 1. The highest BCUT2D eigenvalue weighted by Crippen LogP contribution is 2.23. The molecule has 0 amide bonds. The second-order valence-electron chi connectivity index (χ2n) is 6.39. The number of benzene rings is 3. The van der Waals surface area contributed by atoms with Crippen LogP contribution in [-0.4, -0.2) is 8.42 Å². The summed E-state index contributed by atoms with van der Waals surface area (Å²) >= 11 is 0. The largest absolute Gasteiger partial charge is 0.241 e. The lowest BCUT2D eigenvalue weighted by molar-refractivity contribution is 0.557. The van der Waals surface area contributed by atoms with Crippen molar-refractivity contribution in [3.05, 3.63) is 108 Å². The molecular formula is C23H23NO2S. The fraction of sp³-hybridized carbons (Fsp3) is 0.130.